The highest BCUT2D eigenvalue weighted by Gasteiger charge is 2.50. The standard InChI is InChI=1S/C26H41NO2/c1-6-7-8-9-10-21-11-13-22(14-12-21)15-16-23-17-28-26(29-18-23)19-24(2,3)27-25(4,5)20-26/h11-16,23,27H,6-10,17-20H2,1-5H3/b16-15+. The van der Waals surface area contributed by atoms with Crippen LogP contribution in [0.1, 0.15) is 84.3 Å². The van der Waals surface area contributed by atoms with Crippen LogP contribution in [0.15, 0.2) is 30.3 Å². The molecule has 0 amide bonds. The number of benzene rings is 1. The lowest BCUT2D eigenvalue weighted by Gasteiger charge is -2.53. The normalized spacial score (nSPS) is 23.6. The Morgan fingerprint density at radius 3 is 2.14 bits per heavy atom. The molecule has 29 heavy (non-hydrogen) atoms. The third kappa shape index (κ3) is 6.67. The summed E-state index contributed by atoms with van der Waals surface area (Å²) in [6, 6.07) is 9.01. The van der Waals surface area contributed by atoms with Gasteiger partial charge in [-0.25, -0.2) is 0 Å². The minimum Gasteiger partial charge on any atom is -0.349 e. The molecule has 1 aromatic rings. The van der Waals surface area contributed by atoms with Crippen molar-refractivity contribution in [2.24, 2.45) is 5.92 Å². The van der Waals surface area contributed by atoms with Crippen molar-refractivity contribution >= 4 is 6.08 Å². The maximum Gasteiger partial charge on any atom is 0.171 e. The van der Waals surface area contributed by atoms with E-state index in [0.29, 0.717) is 5.92 Å². The van der Waals surface area contributed by atoms with Crippen molar-refractivity contribution in [3.8, 4) is 0 Å². The zero-order valence-electron chi connectivity index (χ0n) is 19.2. The summed E-state index contributed by atoms with van der Waals surface area (Å²) in [7, 11) is 0. The molecule has 2 saturated heterocycles. The SMILES string of the molecule is CCCCCCc1ccc(/C=C/C2COC3(CC(C)(C)NC(C)(C)C3)OC2)cc1. The second-order valence-electron chi connectivity index (χ2n) is 10.5. The number of unbranched alkanes of at least 4 members (excludes halogenated alkanes) is 3. The molecule has 0 radical (unpaired) electrons. The number of piperidine rings is 1. The van der Waals surface area contributed by atoms with Crippen molar-refractivity contribution in [1.82, 2.24) is 5.32 Å². The fourth-order valence-electron chi connectivity index (χ4n) is 5.13. The average molecular weight is 400 g/mol. The molecule has 2 heterocycles. The first-order chi connectivity index (χ1) is 13.7. The van der Waals surface area contributed by atoms with Crippen LogP contribution in [-0.4, -0.2) is 30.1 Å². The van der Waals surface area contributed by atoms with Crippen molar-refractivity contribution in [1.29, 1.82) is 0 Å². The lowest BCUT2D eigenvalue weighted by atomic mass is 9.78. The molecule has 3 nitrogen and oxygen atoms in total. The predicted octanol–water partition coefficient (Wildman–Crippen LogP) is 6.12. The van der Waals surface area contributed by atoms with E-state index >= 15 is 0 Å². The van der Waals surface area contributed by atoms with Gasteiger partial charge in [0.1, 0.15) is 0 Å². The van der Waals surface area contributed by atoms with E-state index in [0.717, 1.165) is 26.1 Å². The summed E-state index contributed by atoms with van der Waals surface area (Å²) >= 11 is 0. The minimum absolute atomic E-state index is 0.0166. The Bertz CT molecular complexity index is 648. The lowest BCUT2D eigenvalue weighted by Crippen LogP contribution is -2.66. The highest BCUT2D eigenvalue weighted by molar-refractivity contribution is 5.50. The van der Waals surface area contributed by atoms with Gasteiger partial charge >= 0.3 is 0 Å². The maximum atomic E-state index is 6.35. The number of hydrogen-bond acceptors (Lipinski definition) is 3. The van der Waals surface area contributed by atoms with Gasteiger partial charge in [0.2, 0.25) is 0 Å². The average Bonchev–Trinajstić information content (AvgIpc) is 2.63. The van der Waals surface area contributed by atoms with E-state index in [2.05, 4.69) is 76.4 Å². The molecule has 3 rings (SSSR count). The van der Waals surface area contributed by atoms with E-state index in [1.54, 1.807) is 0 Å². The summed E-state index contributed by atoms with van der Waals surface area (Å²) in [4.78, 5) is 0. The van der Waals surface area contributed by atoms with E-state index in [4.69, 9.17) is 9.47 Å². The smallest absolute Gasteiger partial charge is 0.171 e. The van der Waals surface area contributed by atoms with Crippen molar-refractivity contribution in [2.45, 2.75) is 96.4 Å². The third-order valence-corrected chi connectivity index (χ3v) is 6.08. The summed E-state index contributed by atoms with van der Waals surface area (Å²) in [6.45, 7) is 12.7. The topological polar surface area (TPSA) is 30.5 Å². The van der Waals surface area contributed by atoms with Gasteiger partial charge < -0.3 is 14.8 Å². The van der Waals surface area contributed by atoms with Gasteiger partial charge in [-0.05, 0) is 51.7 Å². The zero-order valence-corrected chi connectivity index (χ0v) is 19.2. The molecular weight excluding hydrogens is 358 g/mol. The second-order valence-corrected chi connectivity index (χ2v) is 10.5. The monoisotopic (exact) mass is 399 g/mol. The molecule has 162 valence electrons. The maximum absolute atomic E-state index is 6.35. The van der Waals surface area contributed by atoms with Crippen molar-refractivity contribution in [3.05, 3.63) is 41.5 Å². The molecule has 3 heteroatoms. The lowest BCUT2D eigenvalue weighted by molar-refractivity contribution is -0.306. The van der Waals surface area contributed by atoms with E-state index in [1.165, 1.54) is 43.2 Å². The molecule has 2 aliphatic rings. The van der Waals surface area contributed by atoms with Crippen molar-refractivity contribution in [3.63, 3.8) is 0 Å². The second kappa shape index (κ2) is 9.32. The van der Waals surface area contributed by atoms with E-state index in [-0.39, 0.29) is 11.1 Å². The molecule has 0 bridgehead atoms. The largest absolute Gasteiger partial charge is 0.349 e. The van der Waals surface area contributed by atoms with Crippen LogP contribution in [0.5, 0.6) is 0 Å². The Labute approximate surface area is 178 Å². The van der Waals surface area contributed by atoms with Crippen LogP contribution >= 0.6 is 0 Å². The molecule has 1 spiro atoms. The Balaban J connectivity index is 1.50. The Kier molecular flexibility index (Phi) is 7.24. The van der Waals surface area contributed by atoms with Gasteiger partial charge in [0, 0.05) is 29.8 Å². The van der Waals surface area contributed by atoms with Gasteiger partial charge in [-0.1, -0.05) is 62.6 Å². The number of hydrogen-bond donors (Lipinski definition) is 1. The van der Waals surface area contributed by atoms with Gasteiger partial charge in [0.05, 0.1) is 13.2 Å². The van der Waals surface area contributed by atoms with Gasteiger partial charge in [-0.2, -0.15) is 0 Å². The van der Waals surface area contributed by atoms with Crippen molar-refractivity contribution in [2.75, 3.05) is 13.2 Å². The summed E-state index contributed by atoms with van der Waals surface area (Å²) in [5, 5.41) is 3.71. The Hall–Kier alpha value is -1.16. The van der Waals surface area contributed by atoms with E-state index < -0.39 is 5.79 Å². The van der Waals surface area contributed by atoms with E-state index in [1.807, 2.05) is 0 Å². The molecule has 0 atom stereocenters. The van der Waals surface area contributed by atoms with Crippen LogP contribution in [0.3, 0.4) is 0 Å². The molecule has 2 aliphatic heterocycles. The minimum atomic E-state index is -0.442. The van der Waals surface area contributed by atoms with Gasteiger partial charge in [0.15, 0.2) is 5.79 Å². The molecule has 0 saturated carbocycles. The van der Waals surface area contributed by atoms with Crippen LogP contribution in [0.2, 0.25) is 0 Å². The summed E-state index contributed by atoms with van der Waals surface area (Å²) in [5.41, 5.74) is 2.73. The first kappa shape index (κ1) is 22.5. The third-order valence-electron chi connectivity index (χ3n) is 6.08. The molecule has 0 aromatic heterocycles. The fraction of sp³-hybridized carbons (Fsp3) is 0.692. The number of aryl methyl sites for hydroxylation is 1. The highest BCUT2D eigenvalue weighted by atomic mass is 16.7. The molecular formula is C26H41NO2. The highest BCUT2D eigenvalue weighted by Crippen LogP contribution is 2.41. The Morgan fingerprint density at radius 2 is 1.55 bits per heavy atom. The van der Waals surface area contributed by atoms with Gasteiger partial charge in [-0.15, -0.1) is 0 Å². The first-order valence-electron chi connectivity index (χ1n) is 11.6. The van der Waals surface area contributed by atoms with Gasteiger partial charge in [-0.3, -0.25) is 0 Å². The van der Waals surface area contributed by atoms with Crippen molar-refractivity contribution < 1.29 is 9.47 Å². The number of nitrogens with one attached hydrogen (secondary N) is 1. The molecule has 1 N–H and O–H groups in total. The molecule has 1 aromatic carbocycles. The quantitative estimate of drug-likeness (QED) is 0.560. The summed E-state index contributed by atoms with van der Waals surface area (Å²) in [6.07, 6.45) is 12.7. The van der Waals surface area contributed by atoms with Crippen LogP contribution in [0.25, 0.3) is 6.08 Å². The fourth-order valence-corrected chi connectivity index (χ4v) is 5.13. The number of rotatable bonds is 7. The first-order valence-corrected chi connectivity index (χ1v) is 11.6. The molecule has 0 aliphatic carbocycles. The van der Waals surface area contributed by atoms with Crippen LogP contribution in [0.4, 0.5) is 0 Å². The number of ether oxygens (including phenoxy) is 2. The summed E-state index contributed by atoms with van der Waals surface area (Å²) < 4.78 is 12.7. The molecule has 0 unspecified atom stereocenters. The van der Waals surface area contributed by atoms with Gasteiger partial charge in [0.25, 0.3) is 0 Å². The summed E-state index contributed by atoms with van der Waals surface area (Å²) in [5.74, 6) is -0.127. The zero-order chi connectivity index (χ0) is 21.0. The Morgan fingerprint density at radius 1 is 0.931 bits per heavy atom. The van der Waals surface area contributed by atoms with Crippen LogP contribution in [-0.2, 0) is 15.9 Å². The van der Waals surface area contributed by atoms with Crippen LogP contribution in [0, 0.1) is 5.92 Å². The predicted molar refractivity (Wildman–Crippen MR) is 122 cm³/mol. The molecule has 2 fully saturated rings. The van der Waals surface area contributed by atoms with Crippen LogP contribution < -0.4 is 5.32 Å². The van der Waals surface area contributed by atoms with E-state index in [9.17, 15) is 0 Å².